The molecule has 0 N–H and O–H groups in total. The van der Waals surface area contributed by atoms with Gasteiger partial charge in [0, 0.05) is 5.56 Å². The van der Waals surface area contributed by atoms with Gasteiger partial charge in [-0.15, -0.1) is 0 Å². The average Bonchev–Trinajstić information content (AvgIpc) is 2.14. The van der Waals surface area contributed by atoms with Gasteiger partial charge in [0.05, 0.1) is 12.5 Å². The minimum Gasteiger partial charge on any atom is -0.205 e. The summed E-state index contributed by atoms with van der Waals surface area (Å²) in [5, 5.41) is 7.63. The van der Waals surface area contributed by atoms with Crippen LogP contribution in [0.4, 0.5) is 8.78 Å². The second-order valence-electron chi connectivity index (χ2n) is 2.39. The van der Waals surface area contributed by atoms with E-state index in [1.807, 2.05) is 0 Å². The third kappa shape index (κ3) is 2.45. The van der Waals surface area contributed by atoms with Crippen LogP contribution in [-0.4, -0.2) is 0 Å². The lowest BCUT2D eigenvalue weighted by molar-refractivity contribution is 0.583. The van der Waals surface area contributed by atoms with Crippen molar-refractivity contribution in [2.75, 3.05) is 0 Å². The zero-order valence-electron chi connectivity index (χ0n) is 6.94. The molecule has 0 spiro atoms. The maximum Gasteiger partial charge on any atom is 0.146 e. The van der Waals surface area contributed by atoms with E-state index in [1.165, 1.54) is 0 Å². The first kappa shape index (κ1) is 10.5. The fourth-order valence-corrected chi connectivity index (χ4v) is 0.923. The molecule has 0 aliphatic carbocycles. The van der Waals surface area contributed by atoms with Crippen LogP contribution in [0.25, 0.3) is 0 Å². The van der Waals surface area contributed by atoms with E-state index in [2.05, 4.69) is 11.8 Å². The molecule has 0 saturated heterocycles. The van der Waals surface area contributed by atoms with Crippen LogP contribution in [0.15, 0.2) is 12.1 Å². The highest BCUT2D eigenvalue weighted by Gasteiger charge is 2.06. The predicted molar refractivity (Wildman–Crippen MR) is 48.5 cm³/mol. The Morgan fingerprint density at radius 1 is 1.29 bits per heavy atom. The fourth-order valence-electron chi connectivity index (χ4n) is 0.813. The summed E-state index contributed by atoms with van der Waals surface area (Å²) in [6.45, 7) is 0. The number of hydrogen-bond acceptors (Lipinski definition) is 1. The van der Waals surface area contributed by atoms with Crippen molar-refractivity contribution < 1.29 is 8.78 Å². The van der Waals surface area contributed by atoms with Gasteiger partial charge in [0.1, 0.15) is 16.7 Å². The highest BCUT2D eigenvalue weighted by atomic mass is 35.5. The van der Waals surface area contributed by atoms with Gasteiger partial charge in [-0.05, 0) is 12.1 Å². The molecule has 0 radical (unpaired) electrons. The Labute approximate surface area is 84.9 Å². The molecule has 0 saturated carbocycles. The van der Waals surface area contributed by atoms with Crippen LogP contribution in [0, 0.1) is 34.8 Å². The molecule has 0 aromatic heterocycles. The molecule has 0 amide bonds. The molecule has 0 bridgehead atoms. The maximum atomic E-state index is 12.8. The van der Waals surface area contributed by atoms with Crippen LogP contribution in [0.5, 0.6) is 0 Å². The van der Waals surface area contributed by atoms with Gasteiger partial charge in [0.25, 0.3) is 0 Å². The lowest BCUT2D eigenvalue weighted by Crippen LogP contribution is -1.86. The van der Waals surface area contributed by atoms with Gasteiger partial charge in [0.15, 0.2) is 0 Å². The molecule has 1 rings (SSSR count). The van der Waals surface area contributed by atoms with E-state index >= 15 is 0 Å². The summed E-state index contributed by atoms with van der Waals surface area (Å²) in [6.07, 6.45) is 0.0197. The molecular weight excluding hydrogens is 208 g/mol. The number of nitrogens with zero attached hydrogens (tertiary/aromatic N) is 1. The van der Waals surface area contributed by atoms with E-state index in [0.717, 1.165) is 12.1 Å². The summed E-state index contributed by atoms with van der Waals surface area (Å²) in [7, 11) is 0. The molecule has 1 aromatic rings. The monoisotopic (exact) mass is 211 g/mol. The molecule has 1 aromatic carbocycles. The van der Waals surface area contributed by atoms with E-state index in [0.29, 0.717) is 0 Å². The maximum absolute atomic E-state index is 12.8. The SMILES string of the molecule is N#CCC#Cc1cc(F)c(Cl)c(F)c1. The third-order valence-corrected chi connectivity index (χ3v) is 1.75. The number of nitriles is 1. The summed E-state index contributed by atoms with van der Waals surface area (Å²) in [6, 6.07) is 3.84. The van der Waals surface area contributed by atoms with E-state index in [1.54, 1.807) is 6.07 Å². The van der Waals surface area contributed by atoms with Gasteiger partial charge in [0.2, 0.25) is 0 Å². The van der Waals surface area contributed by atoms with Crippen molar-refractivity contribution in [3.8, 4) is 17.9 Å². The van der Waals surface area contributed by atoms with Crippen molar-refractivity contribution in [3.05, 3.63) is 34.4 Å². The molecule has 14 heavy (non-hydrogen) atoms. The van der Waals surface area contributed by atoms with Gasteiger partial charge < -0.3 is 0 Å². The van der Waals surface area contributed by atoms with Gasteiger partial charge in [-0.1, -0.05) is 23.4 Å². The lowest BCUT2D eigenvalue weighted by atomic mass is 10.2. The number of rotatable bonds is 0. The van der Waals surface area contributed by atoms with E-state index in [9.17, 15) is 8.78 Å². The molecule has 1 nitrogen and oxygen atoms in total. The first-order chi connectivity index (χ1) is 6.65. The van der Waals surface area contributed by atoms with Gasteiger partial charge in [-0.3, -0.25) is 0 Å². The van der Waals surface area contributed by atoms with Crippen LogP contribution >= 0.6 is 11.6 Å². The Hall–Kier alpha value is -1.58. The summed E-state index contributed by atoms with van der Waals surface area (Å²) >= 11 is 5.26. The Morgan fingerprint density at radius 2 is 1.86 bits per heavy atom. The van der Waals surface area contributed by atoms with Crippen LogP contribution in [0.3, 0.4) is 0 Å². The Balaban J connectivity index is 3.04. The zero-order valence-corrected chi connectivity index (χ0v) is 7.70. The minimum absolute atomic E-state index is 0.0197. The van der Waals surface area contributed by atoms with Crippen LogP contribution < -0.4 is 0 Å². The average molecular weight is 212 g/mol. The summed E-state index contributed by atoms with van der Waals surface area (Å²) in [5.74, 6) is 3.17. The predicted octanol–water partition coefficient (Wildman–Crippen LogP) is 2.88. The first-order valence-corrected chi connectivity index (χ1v) is 4.03. The Bertz CT molecular complexity index is 428. The lowest BCUT2D eigenvalue weighted by Gasteiger charge is -1.96. The number of benzene rings is 1. The summed E-state index contributed by atoms with van der Waals surface area (Å²) in [5.41, 5.74) is 0.166. The van der Waals surface area contributed by atoms with E-state index in [-0.39, 0.29) is 12.0 Å². The number of halogens is 3. The van der Waals surface area contributed by atoms with Crippen LogP contribution in [-0.2, 0) is 0 Å². The summed E-state index contributed by atoms with van der Waals surface area (Å²) in [4.78, 5) is 0. The smallest absolute Gasteiger partial charge is 0.146 e. The quantitative estimate of drug-likeness (QED) is 0.478. The van der Waals surface area contributed by atoms with Crippen molar-refractivity contribution in [2.24, 2.45) is 0 Å². The van der Waals surface area contributed by atoms with Crippen molar-refractivity contribution >= 4 is 11.6 Å². The third-order valence-electron chi connectivity index (χ3n) is 1.38. The molecule has 0 aliphatic rings. The number of hydrogen-bond donors (Lipinski definition) is 0. The molecule has 70 valence electrons. The first-order valence-electron chi connectivity index (χ1n) is 3.65. The standard InChI is InChI=1S/C10H4ClF2N/c11-10-8(12)5-7(6-9(10)13)3-1-2-4-14/h5-6H,2H2. The Morgan fingerprint density at radius 3 is 2.36 bits per heavy atom. The van der Waals surface area contributed by atoms with Crippen molar-refractivity contribution in [3.63, 3.8) is 0 Å². The van der Waals surface area contributed by atoms with Gasteiger partial charge in [-0.2, -0.15) is 5.26 Å². The van der Waals surface area contributed by atoms with Crippen LogP contribution in [0.2, 0.25) is 5.02 Å². The van der Waals surface area contributed by atoms with E-state index < -0.39 is 16.7 Å². The largest absolute Gasteiger partial charge is 0.205 e. The van der Waals surface area contributed by atoms with Gasteiger partial charge >= 0.3 is 0 Å². The van der Waals surface area contributed by atoms with Crippen LogP contribution in [0.1, 0.15) is 12.0 Å². The Kier molecular flexibility index (Phi) is 3.45. The molecule has 0 heterocycles. The highest BCUT2D eigenvalue weighted by Crippen LogP contribution is 2.19. The normalized spacial score (nSPS) is 8.71. The highest BCUT2D eigenvalue weighted by molar-refractivity contribution is 6.30. The molecular formula is C10H4ClF2N. The van der Waals surface area contributed by atoms with Crippen molar-refractivity contribution in [2.45, 2.75) is 6.42 Å². The van der Waals surface area contributed by atoms with E-state index in [4.69, 9.17) is 16.9 Å². The molecule has 0 fully saturated rings. The molecule has 0 aliphatic heterocycles. The fraction of sp³-hybridized carbons (Fsp3) is 0.100. The molecule has 4 heteroatoms. The second-order valence-corrected chi connectivity index (χ2v) is 2.77. The molecule has 0 atom stereocenters. The van der Waals surface area contributed by atoms with Gasteiger partial charge in [-0.25, -0.2) is 8.78 Å². The zero-order chi connectivity index (χ0) is 10.6. The topological polar surface area (TPSA) is 23.8 Å². The molecule has 0 unspecified atom stereocenters. The van der Waals surface area contributed by atoms with Crippen molar-refractivity contribution in [1.82, 2.24) is 0 Å². The summed E-state index contributed by atoms with van der Waals surface area (Å²) < 4.78 is 25.7. The second kappa shape index (κ2) is 4.60. The van der Waals surface area contributed by atoms with Crippen molar-refractivity contribution in [1.29, 1.82) is 5.26 Å². The minimum atomic E-state index is -0.854.